The van der Waals surface area contributed by atoms with Crippen molar-refractivity contribution in [1.82, 2.24) is 10.6 Å². The molecule has 1 fully saturated rings. The van der Waals surface area contributed by atoms with Gasteiger partial charge in [0.2, 0.25) is 11.8 Å². The quantitative estimate of drug-likeness (QED) is 0.103. The summed E-state index contributed by atoms with van der Waals surface area (Å²) in [6.07, 6.45) is 6.70. The summed E-state index contributed by atoms with van der Waals surface area (Å²) in [5.74, 6) is -1.51. The van der Waals surface area contributed by atoms with Crippen LogP contribution in [0.25, 0.3) is 0 Å². The van der Waals surface area contributed by atoms with Crippen LogP contribution in [0.1, 0.15) is 104 Å². The zero-order valence-electron chi connectivity index (χ0n) is 29.0. The van der Waals surface area contributed by atoms with E-state index in [9.17, 15) is 19.2 Å². The summed E-state index contributed by atoms with van der Waals surface area (Å²) < 4.78 is 38.9. The van der Waals surface area contributed by atoms with Gasteiger partial charge in [-0.1, -0.05) is 65.2 Å². The molecule has 0 aromatic carbocycles. The van der Waals surface area contributed by atoms with Gasteiger partial charge in [-0.2, -0.15) is 0 Å². The molecule has 0 saturated carbocycles. The van der Waals surface area contributed by atoms with Gasteiger partial charge in [0.15, 0.2) is 12.4 Å². The zero-order valence-corrected chi connectivity index (χ0v) is 29.0. The number of ether oxygens (including phenoxy) is 7. The van der Waals surface area contributed by atoms with E-state index in [-0.39, 0.29) is 50.8 Å². The number of rotatable bonds is 26. The van der Waals surface area contributed by atoms with Gasteiger partial charge in [0, 0.05) is 60.7 Å². The van der Waals surface area contributed by atoms with Crippen molar-refractivity contribution in [2.45, 2.75) is 141 Å². The maximum absolute atomic E-state index is 12.6. The standard InChI is InChI=1S/C33H60N2O11/c1-7-9-11-13-15-17-28(38)44-23-24(45-29(39)18-16-14-12-10-8-2)21-34-26(36)19-20-27(37)35-22-25-30(40-3)31(41-4)32(42-5)33(43-6)46-25/h24-25,30-33H,7-23H2,1-6H3,(H,34,36)(H,35,37)/t24-,25+,30+,31-,32+,33-/m0/s1. The number of amides is 2. The Morgan fingerprint density at radius 1 is 0.630 bits per heavy atom. The molecule has 268 valence electrons. The lowest BCUT2D eigenvalue weighted by Gasteiger charge is -2.44. The fraction of sp³-hybridized carbons (Fsp3) is 0.879. The largest absolute Gasteiger partial charge is 0.462 e. The highest BCUT2D eigenvalue weighted by Gasteiger charge is 2.47. The second-order valence-electron chi connectivity index (χ2n) is 11.6. The van der Waals surface area contributed by atoms with E-state index in [0.717, 1.165) is 57.8 Å². The fourth-order valence-corrected chi connectivity index (χ4v) is 5.26. The minimum Gasteiger partial charge on any atom is -0.462 e. The number of hydrogen-bond acceptors (Lipinski definition) is 11. The number of unbranched alkanes of at least 4 members (excludes halogenated alkanes) is 8. The van der Waals surface area contributed by atoms with Crippen LogP contribution < -0.4 is 10.6 Å². The van der Waals surface area contributed by atoms with Crippen molar-refractivity contribution in [3.8, 4) is 0 Å². The number of carbonyl (C=O) groups excluding carboxylic acids is 4. The smallest absolute Gasteiger partial charge is 0.306 e. The average Bonchev–Trinajstić information content (AvgIpc) is 3.06. The minimum atomic E-state index is -0.822. The van der Waals surface area contributed by atoms with E-state index in [1.165, 1.54) is 28.4 Å². The average molecular weight is 661 g/mol. The van der Waals surface area contributed by atoms with Crippen molar-refractivity contribution in [2.75, 3.05) is 48.1 Å². The monoisotopic (exact) mass is 660 g/mol. The summed E-state index contributed by atoms with van der Waals surface area (Å²) in [5.41, 5.74) is 0. The predicted octanol–water partition coefficient (Wildman–Crippen LogP) is 3.59. The maximum atomic E-state index is 12.6. The highest BCUT2D eigenvalue weighted by atomic mass is 16.7. The summed E-state index contributed by atoms with van der Waals surface area (Å²) in [4.78, 5) is 49.9. The van der Waals surface area contributed by atoms with E-state index >= 15 is 0 Å². The number of carbonyl (C=O) groups is 4. The Hall–Kier alpha value is -2.32. The molecule has 0 aromatic heterocycles. The molecule has 2 N–H and O–H groups in total. The molecule has 0 bridgehead atoms. The topological polar surface area (TPSA) is 157 Å². The minimum absolute atomic E-state index is 0.0330. The lowest BCUT2D eigenvalue weighted by Crippen LogP contribution is -2.62. The molecule has 1 aliphatic rings. The Kier molecular flexibility index (Phi) is 23.3. The summed E-state index contributed by atoms with van der Waals surface area (Å²) in [5, 5.41) is 5.47. The first-order valence-corrected chi connectivity index (χ1v) is 16.9. The second kappa shape index (κ2) is 25.7. The Morgan fingerprint density at radius 3 is 1.72 bits per heavy atom. The van der Waals surface area contributed by atoms with Crippen molar-refractivity contribution in [3.05, 3.63) is 0 Å². The van der Waals surface area contributed by atoms with Crippen LogP contribution in [0.2, 0.25) is 0 Å². The molecule has 46 heavy (non-hydrogen) atoms. The van der Waals surface area contributed by atoms with Crippen LogP contribution >= 0.6 is 0 Å². The van der Waals surface area contributed by atoms with Crippen molar-refractivity contribution >= 4 is 23.8 Å². The zero-order chi connectivity index (χ0) is 34.2. The highest BCUT2D eigenvalue weighted by molar-refractivity contribution is 5.83. The molecule has 0 unspecified atom stereocenters. The molecule has 1 aliphatic heterocycles. The summed E-state index contributed by atoms with van der Waals surface area (Å²) in [7, 11) is 6.07. The lowest BCUT2D eigenvalue weighted by molar-refractivity contribution is -0.300. The van der Waals surface area contributed by atoms with Gasteiger partial charge < -0.3 is 43.8 Å². The molecule has 1 heterocycles. The van der Waals surface area contributed by atoms with Crippen LogP contribution in [0.3, 0.4) is 0 Å². The molecule has 0 radical (unpaired) electrons. The van der Waals surface area contributed by atoms with Crippen LogP contribution in [-0.2, 0) is 52.3 Å². The third-order valence-electron chi connectivity index (χ3n) is 7.94. The third-order valence-corrected chi connectivity index (χ3v) is 7.94. The first-order valence-electron chi connectivity index (χ1n) is 16.9. The molecule has 1 rings (SSSR count). The van der Waals surface area contributed by atoms with Crippen LogP contribution in [0, 0.1) is 0 Å². The van der Waals surface area contributed by atoms with Crippen LogP contribution in [0.15, 0.2) is 0 Å². The molecule has 6 atom stereocenters. The van der Waals surface area contributed by atoms with Crippen LogP contribution in [0.4, 0.5) is 0 Å². The van der Waals surface area contributed by atoms with E-state index in [4.69, 9.17) is 33.2 Å². The maximum Gasteiger partial charge on any atom is 0.306 e. The molecule has 0 aliphatic carbocycles. The third kappa shape index (κ3) is 17.0. The van der Waals surface area contributed by atoms with Crippen molar-refractivity contribution in [3.63, 3.8) is 0 Å². The second-order valence-corrected chi connectivity index (χ2v) is 11.6. The molecular weight excluding hydrogens is 600 g/mol. The van der Waals surface area contributed by atoms with Crippen molar-refractivity contribution < 1.29 is 52.3 Å². The van der Waals surface area contributed by atoms with E-state index in [2.05, 4.69) is 24.5 Å². The number of esters is 2. The molecule has 0 spiro atoms. The van der Waals surface area contributed by atoms with Crippen LogP contribution in [0.5, 0.6) is 0 Å². The summed E-state index contributed by atoms with van der Waals surface area (Å²) in [6.45, 7) is 4.19. The van der Waals surface area contributed by atoms with Crippen LogP contribution in [-0.4, -0.2) is 109 Å². The van der Waals surface area contributed by atoms with E-state index in [1.54, 1.807) is 0 Å². The molecule has 0 aromatic rings. The number of hydrogen-bond donors (Lipinski definition) is 2. The van der Waals surface area contributed by atoms with E-state index in [1.807, 2.05) is 0 Å². The van der Waals surface area contributed by atoms with E-state index < -0.39 is 48.7 Å². The Bertz CT molecular complexity index is 859. The van der Waals surface area contributed by atoms with Gasteiger partial charge in [-0.25, -0.2) is 0 Å². The van der Waals surface area contributed by atoms with Gasteiger partial charge in [0.05, 0.1) is 6.54 Å². The Labute approximate surface area is 275 Å². The van der Waals surface area contributed by atoms with Gasteiger partial charge in [-0.3, -0.25) is 19.2 Å². The molecule has 13 heteroatoms. The first-order chi connectivity index (χ1) is 22.2. The predicted molar refractivity (Wildman–Crippen MR) is 171 cm³/mol. The lowest BCUT2D eigenvalue weighted by atomic mass is 9.98. The van der Waals surface area contributed by atoms with Gasteiger partial charge in [0.25, 0.3) is 0 Å². The molecule has 13 nitrogen and oxygen atoms in total. The van der Waals surface area contributed by atoms with Gasteiger partial charge in [0.1, 0.15) is 31.0 Å². The van der Waals surface area contributed by atoms with Gasteiger partial charge in [-0.15, -0.1) is 0 Å². The van der Waals surface area contributed by atoms with Gasteiger partial charge >= 0.3 is 11.9 Å². The number of methoxy groups -OCH3 is 4. The SMILES string of the molecule is CCCCCCCC(=O)OC[C@H](CNC(=O)CCC(=O)NC[C@H]1O[C@H](OC)[C@H](OC)[C@@H](OC)[C@@H]1OC)OC(=O)CCCCCCC. The van der Waals surface area contributed by atoms with Crippen molar-refractivity contribution in [2.24, 2.45) is 0 Å². The Balaban J connectivity index is 2.56. The molecule has 1 saturated heterocycles. The number of nitrogens with one attached hydrogen (secondary N) is 2. The first kappa shape index (κ1) is 41.7. The van der Waals surface area contributed by atoms with E-state index in [0.29, 0.717) is 12.8 Å². The molecular formula is C33H60N2O11. The Morgan fingerprint density at radius 2 is 1.17 bits per heavy atom. The fourth-order valence-electron chi connectivity index (χ4n) is 5.26. The van der Waals surface area contributed by atoms with Crippen molar-refractivity contribution in [1.29, 1.82) is 0 Å². The normalized spacial score (nSPS) is 21.7. The van der Waals surface area contributed by atoms with Gasteiger partial charge in [-0.05, 0) is 12.8 Å². The molecule has 2 amide bonds. The summed E-state index contributed by atoms with van der Waals surface area (Å²) >= 11 is 0. The summed E-state index contributed by atoms with van der Waals surface area (Å²) in [6, 6.07) is 0. The highest BCUT2D eigenvalue weighted by Crippen LogP contribution is 2.27.